The Morgan fingerprint density at radius 1 is 1.03 bits per heavy atom. The first-order valence-electron chi connectivity index (χ1n) is 11.2. The summed E-state index contributed by atoms with van der Waals surface area (Å²) < 4.78 is 11.5. The summed E-state index contributed by atoms with van der Waals surface area (Å²) in [5.74, 6) is 2.17. The van der Waals surface area contributed by atoms with E-state index in [1.165, 1.54) is 18.5 Å². The molecular formula is C25H32N2O3. The standard InChI is InChI=1S/C25H32N2O3/c1-3-29-22-12-14-23(15-13-22)30-24-16-27(17-24)21-10-8-19(9-11-21)18(2)26-25(28)20-6-4-5-7-20/h8-15,18,20,24H,3-7,16-17H2,1-2H3,(H,26,28)/t18-/m0/s1. The Hall–Kier alpha value is -2.69. The van der Waals surface area contributed by atoms with Crippen LogP contribution in [0.1, 0.15) is 51.1 Å². The molecule has 160 valence electrons. The van der Waals surface area contributed by atoms with Crippen molar-refractivity contribution in [2.24, 2.45) is 5.92 Å². The number of nitrogens with zero attached hydrogens (tertiary/aromatic N) is 1. The maximum absolute atomic E-state index is 12.4. The lowest BCUT2D eigenvalue weighted by Gasteiger charge is -2.40. The van der Waals surface area contributed by atoms with Crippen LogP contribution in [0, 0.1) is 5.92 Å². The zero-order chi connectivity index (χ0) is 20.9. The second-order valence-corrected chi connectivity index (χ2v) is 8.35. The lowest BCUT2D eigenvalue weighted by atomic mass is 10.0. The molecule has 1 aliphatic heterocycles. The molecule has 1 saturated carbocycles. The molecule has 0 radical (unpaired) electrons. The maximum atomic E-state index is 12.4. The molecule has 2 aromatic carbocycles. The predicted molar refractivity (Wildman–Crippen MR) is 119 cm³/mol. The van der Waals surface area contributed by atoms with Gasteiger partial charge in [0.25, 0.3) is 0 Å². The highest BCUT2D eigenvalue weighted by Crippen LogP contribution is 2.28. The lowest BCUT2D eigenvalue weighted by Crippen LogP contribution is -2.54. The number of ether oxygens (including phenoxy) is 2. The molecular weight excluding hydrogens is 376 g/mol. The summed E-state index contributed by atoms with van der Waals surface area (Å²) in [4.78, 5) is 14.7. The second kappa shape index (κ2) is 9.41. The van der Waals surface area contributed by atoms with Crippen LogP contribution >= 0.6 is 0 Å². The van der Waals surface area contributed by atoms with Gasteiger partial charge in [-0.15, -0.1) is 0 Å². The van der Waals surface area contributed by atoms with Crippen LogP contribution in [0.2, 0.25) is 0 Å². The van der Waals surface area contributed by atoms with E-state index in [0.717, 1.165) is 43.0 Å². The quantitative estimate of drug-likeness (QED) is 0.687. The van der Waals surface area contributed by atoms with E-state index in [-0.39, 0.29) is 24.0 Å². The molecule has 30 heavy (non-hydrogen) atoms. The first-order valence-corrected chi connectivity index (χ1v) is 11.2. The molecule has 5 heteroatoms. The van der Waals surface area contributed by atoms with E-state index >= 15 is 0 Å². The van der Waals surface area contributed by atoms with Crippen molar-refractivity contribution in [1.82, 2.24) is 5.32 Å². The fraction of sp³-hybridized carbons (Fsp3) is 0.480. The minimum absolute atomic E-state index is 0.0410. The predicted octanol–water partition coefficient (Wildman–Crippen LogP) is 4.72. The first kappa shape index (κ1) is 20.6. The Morgan fingerprint density at radius 3 is 2.30 bits per heavy atom. The number of carbonyl (C=O) groups excluding carboxylic acids is 1. The molecule has 2 fully saturated rings. The van der Waals surface area contributed by atoms with Gasteiger partial charge in [0.2, 0.25) is 5.91 Å². The smallest absolute Gasteiger partial charge is 0.223 e. The van der Waals surface area contributed by atoms with Crippen LogP contribution in [0.15, 0.2) is 48.5 Å². The molecule has 0 spiro atoms. The van der Waals surface area contributed by atoms with Gasteiger partial charge in [-0.1, -0.05) is 25.0 Å². The second-order valence-electron chi connectivity index (χ2n) is 8.35. The van der Waals surface area contributed by atoms with Crippen molar-refractivity contribution in [3.05, 3.63) is 54.1 Å². The van der Waals surface area contributed by atoms with Gasteiger partial charge in [-0.05, 0) is 68.7 Å². The van der Waals surface area contributed by atoms with Crippen LogP contribution in [-0.2, 0) is 4.79 Å². The summed E-state index contributed by atoms with van der Waals surface area (Å²) in [7, 11) is 0. The molecule has 5 nitrogen and oxygen atoms in total. The summed E-state index contributed by atoms with van der Waals surface area (Å²) in [6.45, 7) is 6.46. The number of hydrogen-bond acceptors (Lipinski definition) is 4. The van der Waals surface area contributed by atoms with Crippen molar-refractivity contribution in [2.75, 3.05) is 24.6 Å². The molecule has 2 aliphatic rings. The molecule has 1 N–H and O–H groups in total. The van der Waals surface area contributed by atoms with E-state index < -0.39 is 0 Å². The van der Waals surface area contributed by atoms with E-state index in [1.54, 1.807) is 0 Å². The van der Waals surface area contributed by atoms with Gasteiger partial charge in [-0.25, -0.2) is 0 Å². The van der Waals surface area contributed by atoms with Crippen molar-refractivity contribution in [3.63, 3.8) is 0 Å². The number of amides is 1. The lowest BCUT2D eigenvalue weighted by molar-refractivity contribution is -0.125. The Kier molecular flexibility index (Phi) is 6.46. The third-order valence-electron chi connectivity index (χ3n) is 6.13. The number of nitrogens with one attached hydrogen (secondary N) is 1. The van der Waals surface area contributed by atoms with Crippen molar-refractivity contribution < 1.29 is 14.3 Å². The average molecular weight is 409 g/mol. The van der Waals surface area contributed by atoms with Gasteiger partial charge < -0.3 is 19.7 Å². The Balaban J connectivity index is 1.24. The molecule has 1 atom stereocenters. The van der Waals surface area contributed by atoms with E-state index in [0.29, 0.717) is 6.61 Å². The molecule has 1 heterocycles. The average Bonchev–Trinajstić information content (AvgIpc) is 3.27. The fourth-order valence-corrected chi connectivity index (χ4v) is 4.27. The van der Waals surface area contributed by atoms with Crippen molar-refractivity contribution in [2.45, 2.75) is 51.7 Å². The molecule has 1 saturated heterocycles. The van der Waals surface area contributed by atoms with E-state index in [4.69, 9.17) is 9.47 Å². The van der Waals surface area contributed by atoms with Crippen LogP contribution in [0.4, 0.5) is 5.69 Å². The molecule has 4 rings (SSSR count). The minimum Gasteiger partial charge on any atom is -0.494 e. The van der Waals surface area contributed by atoms with Crippen LogP contribution in [-0.4, -0.2) is 31.7 Å². The van der Waals surface area contributed by atoms with Crippen molar-refractivity contribution >= 4 is 11.6 Å². The minimum atomic E-state index is 0.0410. The van der Waals surface area contributed by atoms with Gasteiger partial charge in [0.05, 0.1) is 25.7 Å². The van der Waals surface area contributed by atoms with Crippen LogP contribution < -0.4 is 19.7 Å². The van der Waals surface area contributed by atoms with Gasteiger partial charge in [-0.2, -0.15) is 0 Å². The maximum Gasteiger partial charge on any atom is 0.223 e. The van der Waals surface area contributed by atoms with Gasteiger partial charge in [0.1, 0.15) is 17.6 Å². The molecule has 0 unspecified atom stereocenters. The Morgan fingerprint density at radius 2 is 1.67 bits per heavy atom. The van der Waals surface area contributed by atoms with Gasteiger partial charge >= 0.3 is 0 Å². The number of hydrogen-bond donors (Lipinski definition) is 1. The molecule has 0 aromatic heterocycles. The highest BCUT2D eigenvalue weighted by atomic mass is 16.5. The zero-order valence-electron chi connectivity index (χ0n) is 18.0. The SMILES string of the molecule is CCOc1ccc(OC2CN(c3ccc([C@H](C)NC(=O)C4CCCC4)cc3)C2)cc1. The van der Waals surface area contributed by atoms with E-state index in [9.17, 15) is 4.79 Å². The summed E-state index contributed by atoms with van der Waals surface area (Å²) in [6, 6.07) is 16.4. The Labute approximate surface area is 179 Å². The summed E-state index contributed by atoms with van der Waals surface area (Å²) >= 11 is 0. The van der Waals surface area contributed by atoms with E-state index in [1.807, 2.05) is 31.2 Å². The van der Waals surface area contributed by atoms with Crippen LogP contribution in [0.25, 0.3) is 0 Å². The topological polar surface area (TPSA) is 50.8 Å². The van der Waals surface area contributed by atoms with E-state index in [2.05, 4.69) is 41.4 Å². The van der Waals surface area contributed by atoms with Gasteiger partial charge in [0.15, 0.2) is 0 Å². The van der Waals surface area contributed by atoms with Crippen LogP contribution in [0.3, 0.4) is 0 Å². The third-order valence-corrected chi connectivity index (χ3v) is 6.13. The molecule has 1 aliphatic carbocycles. The number of rotatable bonds is 8. The van der Waals surface area contributed by atoms with Crippen molar-refractivity contribution in [3.8, 4) is 11.5 Å². The molecule has 0 bridgehead atoms. The summed E-state index contributed by atoms with van der Waals surface area (Å²) in [5.41, 5.74) is 2.34. The molecule has 1 amide bonds. The van der Waals surface area contributed by atoms with Crippen molar-refractivity contribution in [1.29, 1.82) is 0 Å². The third kappa shape index (κ3) is 4.89. The highest BCUT2D eigenvalue weighted by molar-refractivity contribution is 5.79. The summed E-state index contributed by atoms with van der Waals surface area (Å²) in [5, 5.41) is 3.18. The largest absolute Gasteiger partial charge is 0.494 e. The van der Waals surface area contributed by atoms with Crippen LogP contribution in [0.5, 0.6) is 11.5 Å². The van der Waals surface area contributed by atoms with Gasteiger partial charge in [-0.3, -0.25) is 4.79 Å². The number of anilines is 1. The normalized spacial score (nSPS) is 18.0. The first-order chi connectivity index (χ1) is 14.6. The fourth-order valence-electron chi connectivity index (χ4n) is 4.27. The Bertz CT molecular complexity index is 822. The highest BCUT2D eigenvalue weighted by Gasteiger charge is 2.29. The zero-order valence-corrected chi connectivity index (χ0v) is 18.0. The monoisotopic (exact) mass is 408 g/mol. The molecule has 2 aromatic rings. The number of carbonyl (C=O) groups is 1. The summed E-state index contributed by atoms with van der Waals surface area (Å²) in [6.07, 6.45) is 4.63. The number of benzene rings is 2. The van der Waals surface area contributed by atoms with Gasteiger partial charge in [0, 0.05) is 11.6 Å².